The van der Waals surface area contributed by atoms with Crippen LogP contribution < -0.4 is 0 Å². The maximum Gasteiger partial charge on any atom is 0.166 e. The summed E-state index contributed by atoms with van der Waals surface area (Å²) in [5, 5.41) is 19.0. The van der Waals surface area contributed by atoms with Crippen molar-refractivity contribution in [1.82, 2.24) is 19.5 Å². The summed E-state index contributed by atoms with van der Waals surface area (Å²) in [6, 6.07) is 0. The van der Waals surface area contributed by atoms with Crippen LogP contribution in [0.3, 0.4) is 0 Å². The van der Waals surface area contributed by atoms with Gasteiger partial charge in [-0.05, 0) is 0 Å². The van der Waals surface area contributed by atoms with Gasteiger partial charge in [0.25, 0.3) is 0 Å². The minimum Gasteiger partial charge on any atom is -0.394 e. The summed E-state index contributed by atoms with van der Waals surface area (Å²) in [4.78, 5) is 12.1. The Hall–Kier alpha value is -1.28. The van der Waals surface area contributed by atoms with Gasteiger partial charge in [-0.2, -0.15) is 0 Å². The lowest BCUT2D eigenvalue weighted by molar-refractivity contribution is -0.0432. The van der Waals surface area contributed by atoms with E-state index in [1.165, 1.54) is 6.33 Å². The third-order valence-electron chi connectivity index (χ3n) is 3.01. The third kappa shape index (κ3) is 1.76. The molecule has 18 heavy (non-hydrogen) atoms. The van der Waals surface area contributed by atoms with E-state index >= 15 is 0 Å². The highest BCUT2D eigenvalue weighted by atomic mass is 35.5. The first-order valence-corrected chi connectivity index (χ1v) is 5.86. The molecule has 1 saturated heterocycles. The van der Waals surface area contributed by atoms with Crippen molar-refractivity contribution >= 4 is 22.8 Å². The molecule has 1 fully saturated rings. The highest BCUT2D eigenvalue weighted by molar-refractivity contribution is 6.33. The summed E-state index contributed by atoms with van der Waals surface area (Å²) in [5.41, 5.74) is 1.04. The molecule has 0 bridgehead atoms. The first kappa shape index (κ1) is 11.8. The zero-order valence-electron chi connectivity index (χ0n) is 9.27. The van der Waals surface area contributed by atoms with Crippen LogP contribution in [0.15, 0.2) is 12.7 Å². The van der Waals surface area contributed by atoms with Crippen molar-refractivity contribution in [2.24, 2.45) is 0 Å². The molecule has 2 N–H and O–H groups in total. The first-order chi connectivity index (χ1) is 8.70. The van der Waals surface area contributed by atoms with Gasteiger partial charge in [0.15, 0.2) is 10.8 Å². The smallest absolute Gasteiger partial charge is 0.166 e. The molecular weight excluding hydrogens is 260 g/mol. The normalized spacial score (nSPS) is 28.1. The third-order valence-corrected chi connectivity index (χ3v) is 3.29. The Morgan fingerprint density at radius 3 is 3.00 bits per heavy atom. The Kier molecular flexibility index (Phi) is 2.90. The Balaban J connectivity index is 1.99. The quantitative estimate of drug-likeness (QED) is 0.753. The van der Waals surface area contributed by atoms with Crippen LogP contribution in [-0.2, 0) is 4.74 Å². The van der Waals surface area contributed by atoms with E-state index in [9.17, 15) is 5.11 Å². The second-order valence-electron chi connectivity index (χ2n) is 4.10. The molecule has 0 unspecified atom stereocenters. The zero-order chi connectivity index (χ0) is 12.7. The van der Waals surface area contributed by atoms with Gasteiger partial charge < -0.3 is 14.9 Å². The van der Waals surface area contributed by atoms with Crippen molar-refractivity contribution in [3.05, 3.63) is 17.8 Å². The lowest BCUT2D eigenvalue weighted by Crippen LogP contribution is -2.24. The van der Waals surface area contributed by atoms with Gasteiger partial charge in [0, 0.05) is 6.42 Å². The van der Waals surface area contributed by atoms with E-state index in [0.29, 0.717) is 17.6 Å². The van der Waals surface area contributed by atoms with Gasteiger partial charge in [-0.25, -0.2) is 15.0 Å². The number of aromatic nitrogens is 4. The fraction of sp³-hybridized carbons (Fsp3) is 0.500. The monoisotopic (exact) mass is 270 g/mol. The molecule has 3 heterocycles. The molecule has 0 amide bonds. The number of aliphatic hydroxyl groups is 2. The van der Waals surface area contributed by atoms with E-state index in [1.807, 2.05) is 0 Å². The number of nitrogens with zero attached hydrogens (tertiary/aromatic N) is 4. The lowest BCUT2D eigenvalue weighted by Gasteiger charge is -2.13. The molecule has 0 spiro atoms. The van der Waals surface area contributed by atoms with Crippen LogP contribution in [0.5, 0.6) is 0 Å². The van der Waals surface area contributed by atoms with Crippen molar-refractivity contribution in [2.75, 3.05) is 6.61 Å². The summed E-state index contributed by atoms with van der Waals surface area (Å²) >= 11 is 5.90. The SMILES string of the molecule is OC[C@@H]1O[C@@H](n2cnc3c(Cl)ncnc32)C[C@@H]1O. The average Bonchev–Trinajstić information content (AvgIpc) is 2.93. The largest absolute Gasteiger partial charge is 0.394 e. The summed E-state index contributed by atoms with van der Waals surface area (Å²) < 4.78 is 7.22. The maximum absolute atomic E-state index is 9.71. The highest BCUT2D eigenvalue weighted by Gasteiger charge is 2.35. The second-order valence-corrected chi connectivity index (χ2v) is 4.46. The molecule has 2 aromatic rings. The molecule has 8 heteroatoms. The van der Waals surface area contributed by atoms with Gasteiger partial charge in [-0.15, -0.1) is 0 Å². The molecule has 7 nitrogen and oxygen atoms in total. The van der Waals surface area contributed by atoms with Crippen LogP contribution in [0, 0.1) is 0 Å². The van der Waals surface area contributed by atoms with E-state index in [1.54, 1.807) is 10.9 Å². The van der Waals surface area contributed by atoms with Gasteiger partial charge in [0.2, 0.25) is 0 Å². The Labute approximate surface area is 107 Å². The predicted octanol–water partition coefficient (Wildman–Crippen LogP) is 0.120. The van der Waals surface area contributed by atoms with Crippen molar-refractivity contribution in [3.63, 3.8) is 0 Å². The number of halogens is 1. The van der Waals surface area contributed by atoms with Crippen LogP contribution in [0.4, 0.5) is 0 Å². The topological polar surface area (TPSA) is 93.3 Å². The van der Waals surface area contributed by atoms with Gasteiger partial charge in [0.05, 0.1) is 19.0 Å². The van der Waals surface area contributed by atoms with Crippen LogP contribution >= 0.6 is 11.6 Å². The number of rotatable bonds is 2. The first-order valence-electron chi connectivity index (χ1n) is 5.48. The van der Waals surface area contributed by atoms with Gasteiger partial charge in [0.1, 0.15) is 24.2 Å². The molecule has 2 aromatic heterocycles. The molecule has 3 atom stereocenters. The molecule has 0 saturated carbocycles. The van der Waals surface area contributed by atoms with Gasteiger partial charge >= 0.3 is 0 Å². The predicted molar refractivity (Wildman–Crippen MR) is 62.0 cm³/mol. The van der Waals surface area contributed by atoms with Crippen molar-refractivity contribution < 1.29 is 14.9 Å². The van der Waals surface area contributed by atoms with E-state index < -0.39 is 18.4 Å². The molecule has 0 aromatic carbocycles. The minimum atomic E-state index is -0.699. The van der Waals surface area contributed by atoms with E-state index in [2.05, 4.69) is 15.0 Å². The van der Waals surface area contributed by atoms with Crippen LogP contribution in [0.1, 0.15) is 12.6 Å². The average molecular weight is 271 g/mol. The number of fused-ring (bicyclic) bond motifs is 1. The van der Waals surface area contributed by atoms with Crippen molar-refractivity contribution in [1.29, 1.82) is 0 Å². The molecule has 3 rings (SSSR count). The molecule has 96 valence electrons. The standard InChI is InChI=1S/C10H11ClN4O3/c11-9-8-10(13-3-12-9)15(4-14-8)7-1-5(17)6(2-16)18-7/h3-7,16-17H,1-2H2/t5-,6-,7+/m0/s1. The number of imidazole rings is 1. The molecule has 0 radical (unpaired) electrons. The molecule has 0 aliphatic carbocycles. The summed E-state index contributed by atoms with van der Waals surface area (Å²) in [7, 11) is 0. The Morgan fingerprint density at radius 1 is 1.44 bits per heavy atom. The fourth-order valence-electron chi connectivity index (χ4n) is 2.08. The highest BCUT2D eigenvalue weighted by Crippen LogP contribution is 2.31. The lowest BCUT2D eigenvalue weighted by atomic mass is 10.2. The van der Waals surface area contributed by atoms with Crippen LogP contribution in [-0.4, -0.2) is 48.5 Å². The van der Waals surface area contributed by atoms with Gasteiger partial charge in [-0.1, -0.05) is 11.6 Å². The van der Waals surface area contributed by atoms with Crippen LogP contribution in [0.25, 0.3) is 11.2 Å². The fourth-order valence-corrected chi connectivity index (χ4v) is 2.26. The van der Waals surface area contributed by atoms with Gasteiger partial charge in [-0.3, -0.25) is 4.57 Å². The number of hydrogen-bond donors (Lipinski definition) is 2. The Morgan fingerprint density at radius 2 is 2.28 bits per heavy atom. The number of ether oxygens (including phenoxy) is 1. The summed E-state index contributed by atoms with van der Waals surface area (Å²) in [6.45, 7) is -0.222. The Bertz CT molecular complexity index is 575. The summed E-state index contributed by atoms with van der Waals surface area (Å²) in [6.07, 6.45) is 1.57. The van der Waals surface area contributed by atoms with E-state index in [0.717, 1.165) is 0 Å². The molecular formula is C10H11ClN4O3. The van der Waals surface area contributed by atoms with E-state index in [4.69, 9.17) is 21.4 Å². The zero-order valence-corrected chi connectivity index (χ0v) is 10.0. The maximum atomic E-state index is 9.71. The van der Waals surface area contributed by atoms with E-state index in [-0.39, 0.29) is 11.8 Å². The van der Waals surface area contributed by atoms with Crippen molar-refractivity contribution in [3.8, 4) is 0 Å². The number of aliphatic hydroxyl groups excluding tert-OH is 2. The van der Waals surface area contributed by atoms with Crippen molar-refractivity contribution in [2.45, 2.75) is 24.9 Å². The molecule has 1 aliphatic heterocycles. The summed E-state index contributed by atoms with van der Waals surface area (Å²) in [5.74, 6) is 0. The molecule has 1 aliphatic rings. The number of hydrogen-bond acceptors (Lipinski definition) is 6. The van der Waals surface area contributed by atoms with Crippen LogP contribution in [0.2, 0.25) is 5.15 Å². The second kappa shape index (κ2) is 4.43. The minimum absolute atomic E-state index is 0.222.